The first-order chi connectivity index (χ1) is 9.26. The summed E-state index contributed by atoms with van der Waals surface area (Å²) in [5.41, 5.74) is 7.57. The number of benzene rings is 2. The minimum Gasteiger partial charge on any atom is -0.491 e. The average Bonchev–Trinajstić information content (AvgIpc) is 2.46. The third-order valence-electron chi connectivity index (χ3n) is 2.76. The number of carbonyl (C=O) groups excluding carboxylic acids is 1. The number of nitrogen functional groups attached to an aromatic ring is 1. The van der Waals surface area contributed by atoms with Gasteiger partial charge in [-0.2, -0.15) is 0 Å². The van der Waals surface area contributed by atoms with E-state index in [9.17, 15) is 4.79 Å². The maximum atomic E-state index is 10.8. The van der Waals surface area contributed by atoms with E-state index in [1.807, 2.05) is 30.3 Å². The summed E-state index contributed by atoms with van der Waals surface area (Å²) >= 11 is 0. The molecule has 0 unspecified atom stereocenters. The lowest BCUT2D eigenvalue weighted by molar-refractivity contribution is 0.112. The standard InChI is InChI=1S/C15H15NO3/c1-18-15-13(8-7-12(9-17)14(15)16)19-10-11-5-3-2-4-6-11/h2-9H,10,16H2,1H3. The number of anilines is 1. The summed E-state index contributed by atoms with van der Waals surface area (Å²) in [7, 11) is 1.50. The zero-order valence-electron chi connectivity index (χ0n) is 10.6. The molecule has 0 fully saturated rings. The van der Waals surface area contributed by atoms with Gasteiger partial charge in [0.25, 0.3) is 0 Å². The molecule has 0 atom stereocenters. The normalized spacial score (nSPS) is 9.95. The second kappa shape index (κ2) is 5.91. The number of nitrogens with two attached hydrogens (primary N) is 1. The first-order valence-corrected chi connectivity index (χ1v) is 5.84. The van der Waals surface area contributed by atoms with Gasteiger partial charge in [0.05, 0.1) is 12.8 Å². The highest BCUT2D eigenvalue weighted by molar-refractivity contribution is 5.87. The molecule has 2 N–H and O–H groups in total. The lowest BCUT2D eigenvalue weighted by Gasteiger charge is -2.13. The van der Waals surface area contributed by atoms with E-state index in [2.05, 4.69) is 0 Å². The molecule has 0 bridgehead atoms. The van der Waals surface area contributed by atoms with Crippen LogP contribution in [0.4, 0.5) is 5.69 Å². The van der Waals surface area contributed by atoms with Crippen molar-refractivity contribution in [2.75, 3.05) is 12.8 Å². The molecule has 0 heterocycles. The van der Waals surface area contributed by atoms with Crippen molar-refractivity contribution in [1.82, 2.24) is 0 Å². The minimum absolute atomic E-state index is 0.295. The molecule has 0 aromatic heterocycles. The number of methoxy groups -OCH3 is 1. The number of carbonyl (C=O) groups is 1. The van der Waals surface area contributed by atoms with Crippen molar-refractivity contribution >= 4 is 12.0 Å². The van der Waals surface area contributed by atoms with Crippen LogP contribution in [0.15, 0.2) is 42.5 Å². The van der Waals surface area contributed by atoms with Crippen molar-refractivity contribution in [2.45, 2.75) is 6.61 Å². The molecule has 2 aromatic rings. The minimum atomic E-state index is 0.295. The first kappa shape index (κ1) is 13.0. The molecule has 19 heavy (non-hydrogen) atoms. The maximum absolute atomic E-state index is 10.8. The predicted molar refractivity (Wildman–Crippen MR) is 73.6 cm³/mol. The molecule has 0 saturated heterocycles. The summed E-state index contributed by atoms with van der Waals surface area (Å²) < 4.78 is 10.9. The van der Waals surface area contributed by atoms with Crippen LogP contribution in [0.25, 0.3) is 0 Å². The Balaban J connectivity index is 2.21. The van der Waals surface area contributed by atoms with E-state index >= 15 is 0 Å². The average molecular weight is 257 g/mol. The van der Waals surface area contributed by atoms with Gasteiger partial charge < -0.3 is 15.2 Å². The maximum Gasteiger partial charge on any atom is 0.184 e. The Morgan fingerprint density at radius 2 is 1.89 bits per heavy atom. The van der Waals surface area contributed by atoms with Gasteiger partial charge in [0.1, 0.15) is 6.61 Å². The fourth-order valence-corrected chi connectivity index (χ4v) is 1.76. The molecular formula is C15H15NO3. The molecule has 0 aliphatic rings. The zero-order chi connectivity index (χ0) is 13.7. The van der Waals surface area contributed by atoms with Gasteiger partial charge in [0, 0.05) is 5.56 Å². The highest BCUT2D eigenvalue weighted by atomic mass is 16.5. The second-order valence-corrected chi connectivity index (χ2v) is 3.99. The van der Waals surface area contributed by atoms with E-state index in [0.29, 0.717) is 35.6 Å². The topological polar surface area (TPSA) is 61.5 Å². The highest BCUT2D eigenvalue weighted by Crippen LogP contribution is 2.35. The molecule has 0 aliphatic carbocycles. The van der Waals surface area contributed by atoms with E-state index < -0.39 is 0 Å². The highest BCUT2D eigenvalue weighted by Gasteiger charge is 2.12. The molecule has 98 valence electrons. The quantitative estimate of drug-likeness (QED) is 0.660. The molecule has 0 radical (unpaired) electrons. The van der Waals surface area contributed by atoms with E-state index in [-0.39, 0.29) is 0 Å². The van der Waals surface area contributed by atoms with E-state index in [1.54, 1.807) is 12.1 Å². The van der Waals surface area contributed by atoms with Crippen LogP contribution in [0.5, 0.6) is 11.5 Å². The molecule has 4 heteroatoms. The van der Waals surface area contributed by atoms with Crippen LogP contribution in [0.3, 0.4) is 0 Å². The molecule has 2 aromatic carbocycles. The van der Waals surface area contributed by atoms with Gasteiger partial charge >= 0.3 is 0 Å². The summed E-state index contributed by atoms with van der Waals surface area (Å²) in [5, 5.41) is 0. The third-order valence-corrected chi connectivity index (χ3v) is 2.76. The van der Waals surface area contributed by atoms with Crippen molar-refractivity contribution in [1.29, 1.82) is 0 Å². The Labute approximate surface area is 111 Å². The SMILES string of the molecule is COc1c(OCc2ccccc2)ccc(C=O)c1N. The Morgan fingerprint density at radius 3 is 2.53 bits per heavy atom. The van der Waals surface area contributed by atoms with Crippen molar-refractivity contribution in [3.05, 3.63) is 53.6 Å². The molecular weight excluding hydrogens is 242 g/mol. The van der Waals surface area contributed by atoms with Crippen LogP contribution >= 0.6 is 0 Å². The van der Waals surface area contributed by atoms with Gasteiger partial charge in [-0.1, -0.05) is 30.3 Å². The van der Waals surface area contributed by atoms with Gasteiger partial charge in [-0.05, 0) is 17.7 Å². The van der Waals surface area contributed by atoms with E-state index in [1.165, 1.54) is 7.11 Å². The fraction of sp³-hybridized carbons (Fsp3) is 0.133. The smallest absolute Gasteiger partial charge is 0.184 e. The van der Waals surface area contributed by atoms with Crippen molar-refractivity contribution in [3.8, 4) is 11.5 Å². The number of hydrogen-bond donors (Lipinski definition) is 1. The van der Waals surface area contributed by atoms with Gasteiger partial charge in [0.15, 0.2) is 17.8 Å². The molecule has 0 aliphatic heterocycles. The van der Waals surface area contributed by atoms with Crippen molar-refractivity contribution in [2.24, 2.45) is 0 Å². The second-order valence-electron chi connectivity index (χ2n) is 3.99. The van der Waals surface area contributed by atoms with Gasteiger partial charge in [-0.3, -0.25) is 4.79 Å². The predicted octanol–water partition coefficient (Wildman–Crippen LogP) is 2.67. The summed E-state index contributed by atoms with van der Waals surface area (Å²) in [4.78, 5) is 10.8. The van der Waals surface area contributed by atoms with Crippen LogP contribution in [0.1, 0.15) is 15.9 Å². The molecule has 2 rings (SSSR count). The lowest BCUT2D eigenvalue weighted by Crippen LogP contribution is -2.02. The Kier molecular flexibility index (Phi) is 4.03. The fourth-order valence-electron chi connectivity index (χ4n) is 1.76. The number of aldehydes is 1. The van der Waals surface area contributed by atoms with Gasteiger partial charge in [-0.25, -0.2) is 0 Å². The molecule has 0 amide bonds. The van der Waals surface area contributed by atoms with Crippen molar-refractivity contribution < 1.29 is 14.3 Å². The van der Waals surface area contributed by atoms with Crippen LogP contribution in [0.2, 0.25) is 0 Å². The molecule has 0 saturated carbocycles. The Hall–Kier alpha value is -2.49. The zero-order valence-corrected chi connectivity index (χ0v) is 10.6. The lowest BCUT2D eigenvalue weighted by atomic mass is 10.1. The van der Waals surface area contributed by atoms with Gasteiger partial charge in [0.2, 0.25) is 0 Å². The van der Waals surface area contributed by atoms with Crippen LogP contribution in [-0.4, -0.2) is 13.4 Å². The van der Waals surface area contributed by atoms with E-state index in [4.69, 9.17) is 15.2 Å². The number of rotatable bonds is 5. The van der Waals surface area contributed by atoms with Crippen LogP contribution in [-0.2, 0) is 6.61 Å². The van der Waals surface area contributed by atoms with Crippen LogP contribution in [0, 0.1) is 0 Å². The Morgan fingerprint density at radius 1 is 1.16 bits per heavy atom. The summed E-state index contributed by atoms with van der Waals surface area (Å²) in [6.07, 6.45) is 0.693. The third kappa shape index (κ3) is 2.85. The van der Waals surface area contributed by atoms with E-state index in [0.717, 1.165) is 5.56 Å². The summed E-state index contributed by atoms with van der Waals surface area (Å²) in [6, 6.07) is 13.1. The molecule has 0 spiro atoms. The van der Waals surface area contributed by atoms with Crippen LogP contribution < -0.4 is 15.2 Å². The summed E-state index contributed by atoms with van der Waals surface area (Å²) in [5.74, 6) is 0.912. The Bertz CT molecular complexity index is 567. The number of hydrogen-bond acceptors (Lipinski definition) is 4. The van der Waals surface area contributed by atoms with Gasteiger partial charge in [-0.15, -0.1) is 0 Å². The monoisotopic (exact) mass is 257 g/mol. The number of ether oxygens (including phenoxy) is 2. The summed E-state index contributed by atoms with van der Waals surface area (Å²) in [6.45, 7) is 0.414. The largest absolute Gasteiger partial charge is 0.491 e. The first-order valence-electron chi connectivity index (χ1n) is 5.84. The van der Waals surface area contributed by atoms with Crippen molar-refractivity contribution in [3.63, 3.8) is 0 Å². The molecule has 4 nitrogen and oxygen atoms in total.